The molecule has 1 amide bonds. The van der Waals surface area contributed by atoms with Gasteiger partial charge in [-0.1, -0.05) is 0 Å². The number of nitrogens with one attached hydrogen (secondary N) is 1. The number of likely N-dealkylation sites (N-methyl/N-ethyl adjacent to an activating group) is 1. The highest BCUT2D eigenvalue weighted by Crippen LogP contribution is 2.23. The number of thiazole rings is 1. The average molecular weight is 358 g/mol. The van der Waals surface area contributed by atoms with Crippen molar-refractivity contribution in [3.05, 3.63) is 58.8 Å². The largest absolute Gasteiger partial charge is 0.468 e. The summed E-state index contributed by atoms with van der Waals surface area (Å²) in [5.74, 6) is 0.743. The molecular weight excluding hydrogens is 336 g/mol. The summed E-state index contributed by atoms with van der Waals surface area (Å²) in [7, 11) is 3.93. The van der Waals surface area contributed by atoms with Gasteiger partial charge in [0.15, 0.2) is 5.13 Å². The minimum absolute atomic E-state index is 0.0126. The van der Waals surface area contributed by atoms with E-state index in [4.69, 9.17) is 4.42 Å². The molecular formula is C18H22N4O2S. The highest BCUT2D eigenvalue weighted by atomic mass is 32.1. The van der Waals surface area contributed by atoms with E-state index in [1.165, 1.54) is 0 Å². The van der Waals surface area contributed by atoms with Crippen LogP contribution in [0.1, 0.15) is 33.5 Å². The normalized spacial score (nSPS) is 12.5. The van der Waals surface area contributed by atoms with E-state index in [0.29, 0.717) is 12.1 Å². The van der Waals surface area contributed by atoms with Crippen molar-refractivity contribution < 1.29 is 9.21 Å². The predicted octanol–water partition coefficient (Wildman–Crippen LogP) is 3.18. The molecule has 1 atom stereocenters. The molecule has 0 spiro atoms. The number of hydrogen-bond donors (Lipinski definition) is 1. The van der Waals surface area contributed by atoms with E-state index >= 15 is 0 Å². The summed E-state index contributed by atoms with van der Waals surface area (Å²) in [6, 6.07) is 5.67. The fourth-order valence-electron chi connectivity index (χ4n) is 2.92. The van der Waals surface area contributed by atoms with Gasteiger partial charge in [-0.15, -0.1) is 11.3 Å². The monoisotopic (exact) mass is 358 g/mol. The molecule has 3 heterocycles. The average Bonchev–Trinajstić information content (AvgIpc) is 3.29. The van der Waals surface area contributed by atoms with Crippen molar-refractivity contribution in [3.8, 4) is 5.13 Å². The van der Waals surface area contributed by atoms with Crippen molar-refractivity contribution >= 4 is 17.2 Å². The van der Waals surface area contributed by atoms with Crippen molar-refractivity contribution in [2.75, 3.05) is 20.6 Å². The molecule has 1 N–H and O–H groups in total. The molecule has 3 aromatic rings. The first-order chi connectivity index (χ1) is 12.0. The van der Waals surface area contributed by atoms with E-state index < -0.39 is 0 Å². The van der Waals surface area contributed by atoms with E-state index in [1.54, 1.807) is 23.8 Å². The third-order valence-electron chi connectivity index (χ3n) is 4.24. The van der Waals surface area contributed by atoms with Crippen LogP contribution >= 0.6 is 11.3 Å². The quantitative estimate of drug-likeness (QED) is 0.735. The van der Waals surface area contributed by atoms with E-state index in [-0.39, 0.29) is 11.9 Å². The topological polar surface area (TPSA) is 63.3 Å². The number of aryl methyl sites for hydroxylation is 1. The van der Waals surface area contributed by atoms with Crippen molar-refractivity contribution in [2.45, 2.75) is 19.9 Å². The van der Waals surface area contributed by atoms with Crippen molar-refractivity contribution in [1.82, 2.24) is 19.8 Å². The molecule has 0 aromatic carbocycles. The molecule has 3 aromatic heterocycles. The standard InChI is InChI=1S/C18H22N4O2S/c1-12-10-14(13(2)22(12)18-19-7-9-25-18)17(23)20-11-15(21(3)4)16-6-5-8-24-16/h5-10,15H,11H2,1-4H3,(H,20,23). The zero-order valence-corrected chi connectivity index (χ0v) is 15.6. The van der Waals surface area contributed by atoms with Gasteiger partial charge in [0.1, 0.15) is 5.76 Å². The highest BCUT2D eigenvalue weighted by Gasteiger charge is 2.21. The fraction of sp³-hybridized carbons (Fsp3) is 0.333. The Morgan fingerprint density at radius 3 is 2.84 bits per heavy atom. The molecule has 0 saturated carbocycles. The molecule has 0 aliphatic carbocycles. The number of nitrogens with zero attached hydrogens (tertiary/aromatic N) is 3. The summed E-state index contributed by atoms with van der Waals surface area (Å²) in [6.45, 7) is 4.40. The van der Waals surface area contributed by atoms with Crippen LogP contribution in [0.3, 0.4) is 0 Å². The van der Waals surface area contributed by atoms with Crippen molar-refractivity contribution in [2.24, 2.45) is 0 Å². The van der Waals surface area contributed by atoms with Gasteiger partial charge in [-0.05, 0) is 46.1 Å². The molecule has 25 heavy (non-hydrogen) atoms. The van der Waals surface area contributed by atoms with Crippen LogP contribution in [0.25, 0.3) is 5.13 Å². The summed E-state index contributed by atoms with van der Waals surface area (Å²) >= 11 is 1.55. The number of furan rings is 1. The van der Waals surface area contributed by atoms with Gasteiger partial charge >= 0.3 is 0 Å². The second kappa shape index (κ2) is 7.25. The van der Waals surface area contributed by atoms with Gasteiger partial charge in [-0.25, -0.2) is 4.98 Å². The van der Waals surface area contributed by atoms with Gasteiger partial charge < -0.3 is 9.73 Å². The lowest BCUT2D eigenvalue weighted by Gasteiger charge is -2.22. The van der Waals surface area contributed by atoms with Crippen LogP contribution in [0.5, 0.6) is 0 Å². The Balaban J connectivity index is 1.77. The summed E-state index contributed by atoms with van der Waals surface area (Å²) in [6.07, 6.45) is 3.42. The Morgan fingerprint density at radius 2 is 2.24 bits per heavy atom. The minimum Gasteiger partial charge on any atom is -0.468 e. The van der Waals surface area contributed by atoms with Crippen LogP contribution in [0.15, 0.2) is 40.5 Å². The first-order valence-electron chi connectivity index (χ1n) is 8.06. The van der Waals surface area contributed by atoms with Gasteiger partial charge in [-0.3, -0.25) is 14.3 Å². The maximum Gasteiger partial charge on any atom is 0.253 e. The predicted molar refractivity (Wildman–Crippen MR) is 98.4 cm³/mol. The Kier molecular flexibility index (Phi) is 5.06. The lowest BCUT2D eigenvalue weighted by Crippen LogP contribution is -2.34. The van der Waals surface area contributed by atoms with Crippen LogP contribution in [-0.4, -0.2) is 41.0 Å². The zero-order valence-electron chi connectivity index (χ0n) is 14.8. The summed E-state index contributed by atoms with van der Waals surface area (Å²) in [5, 5.41) is 5.83. The molecule has 0 fully saturated rings. The molecule has 0 saturated heterocycles. The Morgan fingerprint density at radius 1 is 1.44 bits per heavy atom. The number of carbonyl (C=O) groups excluding carboxylic acids is 1. The van der Waals surface area contributed by atoms with Crippen molar-refractivity contribution in [3.63, 3.8) is 0 Å². The smallest absolute Gasteiger partial charge is 0.253 e. The van der Waals surface area contributed by atoms with E-state index in [1.807, 2.05) is 61.0 Å². The maximum atomic E-state index is 12.7. The van der Waals surface area contributed by atoms with Crippen LogP contribution in [0.2, 0.25) is 0 Å². The van der Waals surface area contributed by atoms with Gasteiger partial charge in [0.05, 0.1) is 17.9 Å². The zero-order chi connectivity index (χ0) is 18.0. The second-order valence-electron chi connectivity index (χ2n) is 6.14. The maximum absolute atomic E-state index is 12.7. The molecule has 0 aliphatic rings. The van der Waals surface area contributed by atoms with Gasteiger partial charge in [-0.2, -0.15) is 0 Å². The van der Waals surface area contributed by atoms with Crippen LogP contribution in [0, 0.1) is 13.8 Å². The molecule has 3 rings (SSSR count). The molecule has 1 unspecified atom stereocenters. The van der Waals surface area contributed by atoms with Gasteiger partial charge in [0, 0.05) is 29.5 Å². The molecule has 0 aliphatic heterocycles. The third-order valence-corrected chi connectivity index (χ3v) is 4.99. The Bertz CT molecular complexity index is 835. The first-order valence-corrected chi connectivity index (χ1v) is 8.94. The lowest BCUT2D eigenvalue weighted by atomic mass is 10.2. The van der Waals surface area contributed by atoms with Crippen LogP contribution in [-0.2, 0) is 0 Å². The molecule has 0 bridgehead atoms. The minimum atomic E-state index is -0.0886. The third kappa shape index (κ3) is 3.52. The number of carbonyl (C=O) groups is 1. The molecule has 0 radical (unpaired) electrons. The van der Waals surface area contributed by atoms with E-state index in [9.17, 15) is 4.79 Å². The summed E-state index contributed by atoms with van der Waals surface area (Å²) < 4.78 is 7.50. The second-order valence-corrected chi connectivity index (χ2v) is 7.01. The molecule has 132 valence electrons. The number of aromatic nitrogens is 2. The first kappa shape index (κ1) is 17.4. The Labute approximate surface area is 151 Å². The van der Waals surface area contributed by atoms with Crippen LogP contribution < -0.4 is 5.32 Å². The lowest BCUT2D eigenvalue weighted by molar-refractivity contribution is 0.0938. The Hall–Kier alpha value is -2.38. The van der Waals surface area contributed by atoms with Crippen molar-refractivity contribution in [1.29, 1.82) is 0 Å². The number of rotatable bonds is 6. The molecule has 6 nitrogen and oxygen atoms in total. The molecule has 7 heteroatoms. The van der Waals surface area contributed by atoms with Gasteiger partial charge in [0.2, 0.25) is 0 Å². The fourth-order valence-corrected chi connectivity index (χ4v) is 3.67. The highest BCUT2D eigenvalue weighted by molar-refractivity contribution is 7.12. The van der Waals surface area contributed by atoms with Gasteiger partial charge in [0.25, 0.3) is 5.91 Å². The summed E-state index contributed by atoms with van der Waals surface area (Å²) in [4.78, 5) is 19.1. The SMILES string of the molecule is Cc1cc(C(=O)NCC(c2ccco2)N(C)C)c(C)n1-c1nccs1. The van der Waals surface area contributed by atoms with E-state index in [2.05, 4.69) is 10.3 Å². The number of amides is 1. The summed E-state index contributed by atoms with van der Waals surface area (Å²) in [5.41, 5.74) is 2.56. The van der Waals surface area contributed by atoms with E-state index in [0.717, 1.165) is 22.3 Å². The number of hydrogen-bond acceptors (Lipinski definition) is 5. The van der Waals surface area contributed by atoms with Crippen LogP contribution in [0.4, 0.5) is 0 Å².